The van der Waals surface area contributed by atoms with Crippen LogP contribution in [0, 0.1) is 23.7 Å². The van der Waals surface area contributed by atoms with E-state index >= 15 is 0 Å². The number of esters is 2. The number of benzene rings is 2. The summed E-state index contributed by atoms with van der Waals surface area (Å²) in [6.45, 7) is 0. The number of carbonyl (C=O) groups excluding carboxylic acids is 4. The lowest BCUT2D eigenvalue weighted by Gasteiger charge is -2.19. The topological polar surface area (TPSA) is 90.0 Å². The summed E-state index contributed by atoms with van der Waals surface area (Å²) in [4.78, 5) is 51.1. The molecule has 1 saturated heterocycles. The molecule has 1 heterocycles. The van der Waals surface area contributed by atoms with E-state index < -0.39 is 11.9 Å². The maximum absolute atomic E-state index is 12.9. The SMILES string of the molecule is COC(=O)c1ccc(OC(=O)c2ccc(N3C(=O)[C@H]4[C@@H]5CC[C@@H](C5)[C@@H]4C3=O)cc2)cc1. The predicted molar refractivity (Wildman–Crippen MR) is 109 cm³/mol. The summed E-state index contributed by atoms with van der Waals surface area (Å²) in [6.07, 6.45) is 3.06. The zero-order chi connectivity index (χ0) is 21.7. The molecular weight excluding hydrogens is 398 g/mol. The van der Waals surface area contributed by atoms with Crippen molar-refractivity contribution in [1.29, 1.82) is 0 Å². The maximum Gasteiger partial charge on any atom is 0.343 e. The lowest BCUT2D eigenvalue weighted by molar-refractivity contribution is -0.123. The van der Waals surface area contributed by atoms with E-state index in [2.05, 4.69) is 4.74 Å². The van der Waals surface area contributed by atoms with Crippen molar-refractivity contribution in [3.63, 3.8) is 0 Å². The highest BCUT2D eigenvalue weighted by Gasteiger charge is 2.61. The number of imide groups is 1. The van der Waals surface area contributed by atoms with Crippen molar-refractivity contribution < 1.29 is 28.7 Å². The minimum absolute atomic E-state index is 0.108. The molecule has 7 heteroatoms. The molecule has 0 N–H and O–H groups in total. The molecule has 2 bridgehead atoms. The van der Waals surface area contributed by atoms with Crippen molar-refractivity contribution in [2.45, 2.75) is 19.3 Å². The third-order valence-electron chi connectivity index (χ3n) is 6.77. The van der Waals surface area contributed by atoms with Gasteiger partial charge in [0.05, 0.1) is 35.8 Å². The van der Waals surface area contributed by atoms with Crippen LogP contribution in [0.3, 0.4) is 0 Å². The highest BCUT2D eigenvalue weighted by molar-refractivity contribution is 6.22. The first kappa shape index (κ1) is 19.5. The predicted octanol–water partition coefficient (Wildman–Crippen LogP) is 3.23. The van der Waals surface area contributed by atoms with Crippen molar-refractivity contribution in [2.24, 2.45) is 23.7 Å². The lowest BCUT2D eigenvalue weighted by Crippen LogP contribution is -2.32. The van der Waals surface area contributed by atoms with E-state index in [0.717, 1.165) is 19.3 Å². The van der Waals surface area contributed by atoms with Gasteiger partial charge in [0, 0.05) is 0 Å². The molecule has 0 aromatic heterocycles. The van der Waals surface area contributed by atoms with Gasteiger partial charge in [-0.1, -0.05) is 0 Å². The fourth-order valence-electron chi connectivity index (χ4n) is 5.35. The fourth-order valence-corrected chi connectivity index (χ4v) is 5.35. The van der Waals surface area contributed by atoms with Crippen LogP contribution in [-0.2, 0) is 14.3 Å². The molecule has 2 aliphatic carbocycles. The van der Waals surface area contributed by atoms with Gasteiger partial charge < -0.3 is 9.47 Å². The Bertz CT molecular complexity index is 1050. The molecule has 5 rings (SSSR count). The van der Waals surface area contributed by atoms with Crippen LogP contribution in [0.25, 0.3) is 0 Å². The van der Waals surface area contributed by atoms with E-state index in [1.165, 1.54) is 36.3 Å². The first-order valence-corrected chi connectivity index (χ1v) is 10.4. The van der Waals surface area contributed by atoms with Crippen LogP contribution >= 0.6 is 0 Å². The molecule has 2 aromatic rings. The van der Waals surface area contributed by atoms with Gasteiger partial charge in [0.15, 0.2) is 0 Å². The normalized spacial score (nSPS) is 26.2. The Morgan fingerprint density at radius 1 is 0.806 bits per heavy atom. The monoisotopic (exact) mass is 419 g/mol. The Labute approximate surface area is 178 Å². The summed E-state index contributed by atoms with van der Waals surface area (Å²) in [7, 11) is 1.29. The average Bonchev–Trinajstić information content (AvgIpc) is 3.47. The van der Waals surface area contributed by atoms with Crippen LogP contribution in [0.1, 0.15) is 40.0 Å². The molecule has 1 aliphatic heterocycles. The van der Waals surface area contributed by atoms with Gasteiger partial charge in [-0.2, -0.15) is 0 Å². The van der Waals surface area contributed by atoms with Crippen molar-refractivity contribution in [1.82, 2.24) is 0 Å². The molecule has 3 fully saturated rings. The zero-order valence-corrected chi connectivity index (χ0v) is 16.9. The van der Waals surface area contributed by atoms with Crippen molar-refractivity contribution in [3.05, 3.63) is 59.7 Å². The molecule has 2 saturated carbocycles. The molecule has 31 heavy (non-hydrogen) atoms. The number of fused-ring (bicyclic) bond motifs is 5. The number of hydrogen-bond acceptors (Lipinski definition) is 6. The highest BCUT2D eigenvalue weighted by atomic mass is 16.5. The first-order chi connectivity index (χ1) is 15.0. The van der Waals surface area contributed by atoms with Crippen molar-refractivity contribution in [2.75, 3.05) is 12.0 Å². The van der Waals surface area contributed by atoms with E-state index in [9.17, 15) is 19.2 Å². The molecule has 0 unspecified atom stereocenters. The van der Waals surface area contributed by atoms with Gasteiger partial charge in [-0.3, -0.25) is 14.5 Å². The Hall–Kier alpha value is -3.48. The summed E-state index contributed by atoms with van der Waals surface area (Å²) in [5.74, 6) is -0.676. The molecule has 2 aromatic carbocycles. The first-order valence-electron chi connectivity index (χ1n) is 10.4. The standard InChI is InChI=1S/C24H21NO6/c1-30-23(28)13-6-10-18(11-7-13)31-24(29)14-4-8-17(9-5-14)25-21(26)19-15-2-3-16(12-15)20(19)22(25)27/h4-11,15-16,19-20H,2-3,12H2,1H3/t15-,16+,19-,20-/m0/s1. The smallest absolute Gasteiger partial charge is 0.343 e. The molecule has 0 spiro atoms. The minimum Gasteiger partial charge on any atom is -0.465 e. The number of anilines is 1. The van der Waals surface area contributed by atoms with E-state index in [1.807, 2.05) is 0 Å². The van der Waals surface area contributed by atoms with Crippen molar-refractivity contribution in [3.8, 4) is 5.75 Å². The Morgan fingerprint density at radius 3 is 1.87 bits per heavy atom. The van der Waals surface area contributed by atoms with Crippen LogP contribution in [0.5, 0.6) is 5.75 Å². The number of nitrogens with zero attached hydrogens (tertiary/aromatic N) is 1. The van der Waals surface area contributed by atoms with Gasteiger partial charge in [-0.05, 0) is 79.6 Å². The summed E-state index contributed by atoms with van der Waals surface area (Å²) >= 11 is 0. The van der Waals surface area contributed by atoms with Crippen LogP contribution in [0.15, 0.2) is 48.5 Å². The lowest BCUT2D eigenvalue weighted by atomic mass is 9.81. The van der Waals surface area contributed by atoms with Crippen LogP contribution < -0.4 is 9.64 Å². The number of methoxy groups -OCH3 is 1. The Balaban J connectivity index is 1.29. The second-order valence-electron chi connectivity index (χ2n) is 8.35. The van der Waals surface area contributed by atoms with Crippen LogP contribution in [-0.4, -0.2) is 30.9 Å². The molecule has 4 atom stereocenters. The molecule has 3 aliphatic rings. The molecule has 2 amide bonds. The highest BCUT2D eigenvalue weighted by Crippen LogP contribution is 2.56. The summed E-state index contributed by atoms with van der Waals surface area (Å²) in [6, 6.07) is 12.3. The number of carbonyl (C=O) groups is 4. The van der Waals surface area contributed by atoms with E-state index in [0.29, 0.717) is 28.7 Å². The van der Waals surface area contributed by atoms with Gasteiger partial charge in [0.1, 0.15) is 5.75 Å². The van der Waals surface area contributed by atoms with Gasteiger partial charge in [0.2, 0.25) is 11.8 Å². The second kappa shape index (κ2) is 7.34. The molecule has 7 nitrogen and oxygen atoms in total. The van der Waals surface area contributed by atoms with Crippen molar-refractivity contribution >= 4 is 29.4 Å². The summed E-state index contributed by atoms with van der Waals surface area (Å²) in [5, 5.41) is 0. The van der Waals surface area contributed by atoms with Crippen LogP contribution in [0.2, 0.25) is 0 Å². The molecule has 158 valence electrons. The average molecular weight is 419 g/mol. The van der Waals surface area contributed by atoms with Gasteiger partial charge in [0.25, 0.3) is 0 Å². The number of ether oxygens (including phenoxy) is 2. The third kappa shape index (κ3) is 3.12. The largest absolute Gasteiger partial charge is 0.465 e. The molecular formula is C24H21NO6. The van der Waals surface area contributed by atoms with Gasteiger partial charge in [-0.15, -0.1) is 0 Å². The third-order valence-corrected chi connectivity index (χ3v) is 6.77. The number of rotatable bonds is 4. The van der Waals surface area contributed by atoms with Crippen LogP contribution in [0.4, 0.5) is 5.69 Å². The minimum atomic E-state index is -0.577. The zero-order valence-electron chi connectivity index (χ0n) is 16.9. The summed E-state index contributed by atoms with van der Waals surface area (Å²) in [5.41, 5.74) is 1.13. The maximum atomic E-state index is 12.9. The van der Waals surface area contributed by atoms with E-state index in [4.69, 9.17) is 4.74 Å². The quantitative estimate of drug-likeness (QED) is 0.429. The molecule has 0 radical (unpaired) electrons. The number of hydrogen-bond donors (Lipinski definition) is 0. The summed E-state index contributed by atoms with van der Waals surface area (Å²) < 4.78 is 9.97. The second-order valence-corrected chi connectivity index (χ2v) is 8.35. The van der Waals surface area contributed by atoms with Gasteiger partial charge >= 0.3 is 11.9 Å². The fraction of sp³-hybridized carbons (Fsp3) is 0.333. The van der Waals surface area contributed by atoms with E-state index in [-0.39, 0.29) is 29.4 Å². The number of amides is 2. The Kier molecular flexibility index (Phi) is 4.61. The Morgan fingerprint density at radius 2 is 1.32 bits per heavy atom. The van der Waals surface area contributed by atoms with Gasteiger partial charge in [-0.25, -0.2) is 9.59 Å². The van der Waals surface area contributed by atoms with E-state index in [1.54, 1.807) is 24.3 Å².